The van der Waals surface area contributed by atoms with Crippen molar-refractivity contribution in [2.45, 2.75) is 0 Å². The molecule has 0 atom stereocenters. The van der Waals surface area contributed by atoms with Crippen molar-refractivity contribution in [3.8, 4) is 11.1 Å². The summed E-state index contributed by atoms with van der Waals surface area (Å²) in [5.41, 5.74) is 4.77. The van der Waals surface area contributed by atoms with Crippen LogP contribution >= 0.6 is 0 Å². The molecule has 92 valence electrons. The monoisotopic (exact) mass is 251 g/mol. The number of amides is 1. The van der Waals surface area contributed by atoms with E-state index in [0.29, 0.717) is 0 Å². The van der Waals surface area contributed by atoms with Crippen LogP contribution in [0.3, 0.4) is 0 Å². The van der Waals surface area contributed by atoms with E-state index in [0.717, 1.165) is 24.3 Å². The fourth-order valence-electron chi connectivity index (χ4n) is 1.67. The fraction of sp³-hybridized carbons (Fsp3) is 0. The predicted octanol–water partition coefficient (Wildman–Crippen LogP) is 2.87. The Morgan fingerprint density at radius 1 is 1.00 bits per heavy atom. The number of carbonyl (C=O) groups is 1. The maximum atomic E-state index is 13.6. The maximum Gasteiger partial charge on any atom is 0.249 e. The smallest absolute Gasteiger partial charge is 0.249 e. The van der Waals surface area contributed by atoms with Gasteiger partial charge in [-0.05, 0) is 24.3 Å². The van der Waals surface area contributed by atoms with Crippen molar-refractivity contribution < 1.29 is 18.0 Å². The largest absolute Gasteiger partial charge is 0.366 e. The predicted molar refractivity (Wildman–Crippen MR) is 60.3 cm³/mol. The summed E-state index contributed by atoms with van der Waals surface area (Å²) in [6, 6.07) is 6.56. The highest BCUT2D eigenvalue weighted by atomic mass is 19.2. The molecule has 0 aliphatic heterocycles. The summed E-state index contributed by atoms with van der Waals surface area (Å²) in [6.07, 6.45) is 0. The number of benzene rings is 2. The standard InChI is InChI=1S/C13H8F3NO/c14-7-4-5-9(13(17)18)10(6-7)8-2-1-3-11(15)12(8)16/h1-6H,(H2,17,18). The molecule has 0 aliphatic carbocycles. The molecule has 0 radical (unpaired) electrons. The Morgan fingerprint density at radius 2 is 1.72 bits per heavy atom. The van der Waals surface area contributed by atoms with Gasteiger partial charge in [-0.25, -0.2) is 13.2 Å². The van der Waals surface area contributed by atoms with E-state index in [1.165, 1.54) is 12.1 Å². The van der Waals surface area contributed by atoms with Crippen molar-refractivity contribution in [1.29, 1.82) is 0 Å². The van der Waals surface area contributed by atoms with Gasteiger partial charge in [0.1, 0.15) is 5.82 Å². The van der Waals surface area contributed by atoms with E-state index >= 15 is 0 Å². The first-order valence-electron chi connectivity index (χ1n) is 5.04. The van der Waals surface area contributed by atoms with Gasteiger partial charge in [0.25, 0.3) is 0 Å². The van der Waals surface area contributed by atoms with Gasteiger partial charge in [0.15, 0.2) is 11.6 Å². The second-order valence-electron chi connectivity index (χ2n) is 3.66. The van der Waals surface area contributed by atoms with E-state index in [2.05, 4.69) is 0 Å². The number of nitrogens with two attached hydrogens (primary N) is 1. The number of carbonyl (C=O) groups excluding carboxylic acids is 1. The third-order valence-corrected chi connectivity index (χ3v) is 2.49. The third-order valence-electron chi connectivity index (χ3n) is 2.49. The Labute approximate surface area is 101 Å². The highest BCUT2D eigenvalue weighted by Gasteiger charge is 2.16. The van der Waals surface area contributed by atoms with Crippen molar-refractivity contribution in [1.82, 2.24) is 0 Å². The van der Waals surface area contributed by atoms with Crippen LogP contribution in [0.1, 0.15) is 10.4 Å². The van der Waals surface area contributed by atoms with Gasteiger partial charge in [0.05, 0.1) is 0 Å². The van der Waals surface area contributed by atoms with Gasteiger partial charge in [-0.1, -0.05) is 12.1 Å². The van der Waals surface area contributed by atoms with Crippen LogP contribution in [0.15, 0.2) is 36.4 Å². The van der Waals surface area contributed by atoms with Crippen LogP contribution in [0, 0.1) is 17.5 Å². The lowest BCUT2D eigenvalue weighted by atomic mass is 9.98. The summed E-state index contributed by atoms with van der Waals surface area (Å²) in [4.78, 5) is 11.2. The van der Waals surface area contributed by atoms with Crippen molar-refractivity contribution in [3.63, 3.8) is 0 Å². The Kier molecular flexibility index (Phi) is 3.06. The van der Waals surface area contributed by atoms with E-state index in [4.69, 9.17) is 5.73 Å². The topological polar surface area (TPSA) is 43.1 Å². The SMILES string of the molecule is NC(=O)c1ccc(F)cc1-c1cccc(F)c1F. The molecule has 0 saturated heterocycles. The van der Waals surface area contributed by atoms with Crippen LogP contribution < -0.4 is 5.73 Å². The van der Waals surface area contributed by atoms with Crippen LogP contribution in [0.2, 0.25) is 0 Å². The number of primary amides is 1. The Bertz CT molecular complexity index is 626. The average Bonchev–Trinajstić information content (AvgIpc) is 2.32. The molecule has 2 aromatic carbocycles. The molecule has 2 nitrogen and oxygen atoms in total. The van der Waals surface area contributed by atoms with Crippen LogP contribution in [0.5, 0.6) is 0 Å². The first kappa shape index (κ1) is 12.2. The van der Waals surface area contributed by atoms with Crippen molar-refractivity contribution in [2.24, 2.45) is 5.73 Å². The van der Waals surface area contributed by atoms with Crippen LogP contribution in [-0.2, 0) is 0 Å². The van der Waals surface area contributed by atoms with E-state index in [1.807, 2.05) is 0 Å². The molecule has 0 unspecified atom stereocenters. The number of hydrogen-bond acceptors (Lipinski definition) is 1. The van der Waals surface area contributed by atoms with E-state index < -0.39 is 23.4 Å². The normalized spacial score (nSPS) is 10.4. The molecular formula is C13H8F3NO. The van der Waals surface area contributed by atoms with Gasteiger partial charge in [-0.2, -0.15) is 0 Å². The summed E-state index contributed by atoms with van der Waals surface area (Å²) in [5.74, 6) is -3.73. The van der Waals surface area contributed by atoms with Crippen LogP contribution in [0.25, 0.3) is 11.1 Å². The van der Waals surface area contributed by atoms with E-state index in [1.54, 1.807) is 0 Å². The molecule has 0 saturated carbocycles. The molecule has 2 rings (SSSR count). The highest BCUT2D eigenvalue weighted by Crippen LogP contribution is 2.28. The number of hydrogen-bond donors (Lipinski definition) is 1. The van der Waals surface area contributed by atoms with Crippen molar-refractivity contribution in [2.75, 3.05) is 0 Å². The van der Waals surface area contributed by atoms with E-state index in [-0.39, 0.29) is 16.7 Å². The number of rotatable bonds is 2. The minimum Gasteiger partial charge on any atom is -0.366 e. The minimum absolute atomic E-state index is 0.0686. The molecule has 0 aliphatic rings. The molecule has 0 bridgehead atoms. The highest BCUT2D eigenvalue weighted by molar-refractivity contribution is 5.99. The second kappa shape index (κ2) is 4.52. The van der Waals surface area contributed by atoms with Gasteiger partial charge in [-0.3, -0.25) is 4.79 Å². The summed E-state index contributed by atoms with van der Waals surface area (Å²) >= 11 is 0. The van der Waals surface area contributed by atoms with Gasteiger partial charge in [0.2, 0.25) is 5.91 Å². The molecule has 0 fully saturated rings. The maximum absolute atomic E-state index is 13.6. The second-order valence-corrected chi connectivity index (χ2v) is 3.66. The Balaban J connectivity index is 2.73. The average molecular weight is 251 g/mol. The molecule has 1 amide bonds. The summed E-state index contributed by atoms with van der Waals surface area (Å²) in [6.45, 7) is 0. The third kappa shape index (κ3) is 2.07. The van der Waals surface area contributed by atoms with E-state index in [9.17, 15) is 18.0 Å². The molecule has 2 N–H and O–H groups in total. The lowest BCUT2D eigenvalue weighted by Crippen LogP contribution is -2.13. The zero-order chi connectivity index (χ0) is 13.3. The van der Waals surface area contributed by atoms with Crippen LogP contribution in [0.4, 0.5) is 13.2 Å². The summed E-state index contributed by atoms with van der Waals surface area (Å²) < 4.78 is 39.9. The molecule has 0 spiro atoms. The quantitative estimate of drug-likeness (QED) is 0.876. The van der Waals surface area contributed by atoms with Gasteiger partial charge in [-0.15, -0.1) is 0 Å². The fourth-order valence-corrected chi connectivity index (χ4v) is 1.67. The minimum atomic E-state index is -1.15. The van der Waals surface area contributed by atoms with Crippen molar-refractivity contribution in [3.05, 3.63) is 59.4 Å². The summed E-state index contributed by atoms with van der Waals surface area (Å²) in [7, 11) is 0. The molecule has 5 heteroatoms. The summed E-state index contributed by atoms with van der Waals surface area (Å²) in [5, 5.41) is 0. The first-order valence-corrected chi connectivity index (χ1v) is 5.04. The number of halogens is 3. The Morgan fingerprint density at radius 3 is 2.39 bits per heavy atom. The molecular weight excluding hydrogens is 243 g/mol. The lowest BCUT2D eigenvalue weighted by Gasteiger charge is -2.08. The van der Waals surface area contributed by atoms with Crippen molar-refractivity contribution >= 4 is 5.91 Å². The molecule has 0 aromatic heterocycles. The molecule has 18 heavy (non-hydrogen) atoms. The Hall–Kier alpha value is -2.30. The molecule has 2 aromatic rings. The zero-order valence-electron chi connectivity index (χ0n) is 9.08. The van der Waals surface area contributed by atoms with Gasteiger partial charge >= 0.3 is 0 Å². The zero-order valence-corrected chi connectivity index (χ0v) is 9.08. The van der Waals surface area contributed by atoms with Gasteiger partial charge in [0, 0.05) is 16.7 Å². The van der Waals surface area contributed by atoms with Gasteiger partial charge < -0.3 is 5.73 Å². The lowest BCUT2D eigenvalue weighted by molar-refractivity contribution is 0.100. The molecule has 0 heterocycles. The first-order chi connectivity index (χ1) is 8.50. The van der Waals surface area contributed by atoms with Crippen LogP contribution in [-0.4, -0.2) is 5.91 Å².